The van der Waals surface area contributed by atoms with Crippen molar-refractivity contribution in [2.24, 2.45) is 0 Å². The van der Waals surface area contributed by atoms with Crippen LogP contribution in [0.15, 0.2) is 30.5 Å². The third kappa shape index (κ3) is 3.37. The molecule has 102 valence electrons. The highest BCUT2D eigenvalue weighted by atomic mass is 16.1. The molecule has 1 heterocycles. The number of H-pyrrole nitrogens is 1. The highest BCUT2D eigenvalue weighted by Crippen LogP contribution is 2.15. The molecule has 0 bridgehead atoms. The van der Waals surface area contributed by atoms with E-state index in [1.54, 1.807) is 0 Å². The summed E-state index contributed by atoms with van der Waals surface area (Å²) in [6, 6.07) is 8.06. The Morgan fingerprint density at radius 2 is 1.95 bits per heavy atom. The van der Waals surface area contributed by atoms with Gasteiger partial charge in [0.1, 0.15) is 0 Å². The summed E-state index contributed by atoms with van der Waals surface area (Å²) in [6.45, 7) is 4.31. The summed E-state index contributed by atoms with van der Waals surface area (Å²) >= 11 is 0. The van der Waals surface area contributed by atoms with Gasteiger partial charge in [-0.15, -0.1) is 0 Å². The predicted octanol–water partition coefficient (Wildman–Crippen LogP) is 3.87. The third-order valence-electron chi connectivity index (χ3n) is 3.42. The molecule has 2 aromatic rings. The largest absolute Gasteiger partial charge is 0.361 e. The minimum atomic E-state index is 0.0370. The minimum Gasteiger partial charge on any atom is -0.361 e. The number of nitrogens with one attached hydrogen (secondary N) is 2. The number of carbonyl (C=O) groups excluding carboxylic acids is 1. The van der Waals surface area contributed by atoms with Crippen molar-refractivity contribution in [2.75, 3.05) is 0 Å². The molecule has 0 saturated heterocycles. The van der Waals surface area contributed by atoms with Crippen LogP contribution in [0, 0.1) is 0 Å². The summed E-state index contributed by atoms with van der Waals surface area (Å²) < 4.78 is 0. The first-order valence-electron chi connectivity index (χ1n) is 7.12. The predicted molar refractivity (Wildman–Crippen MR) is 79.4 cm³/mol. The van der Waals surface area contributed by atoms with E-state index < -0.39 is 0 Å². The highest BCUT2D eigenvalue weighted by Gasteiger charge is 2.12. The average molecular weight is 258 g/mol. The summed E-state index contributed by atoms with van der Waals surface area (Å²) in [7, 11) is 0. The van der Waals surface area contributed by atoms with Gasteiger partial charge in [-0.05, 0) is 37.1 Å². The van der Waals surface area contributed by atoms with Gasteiger partial charge in [0.2, 0.25) is 0 Å². The lowest BCUT2D eigenvalue weighted by atomic mass is 10.1. The summed E-state index contributed by atoms with van der Waals surface area (Å²) in [6.07, 6.45) is 6.19. The van der Waals surface area contributed by atoms with Gasteiger partial charge in [0.25, 0.3) is 5.91 Å². The zero-order valence-corrected chi connectivity index (χ0v) is 11.7. The van der Waals surface area contributed by atoms with Gasteiger partial charge in [-0.2, -0.15) is 0 Å². The first-order chi connectivity index (χ1) is 9.24. The van der Waals surface area contributed by atoms with Crippen LogP contribution in [0.5, 0.6) is 0 Å². The first-order valence-corrected chi connectivity index (χ1v) is 7.12. The van der Waals surface area contributed by atoms with Gasteiger partial charge in [-0.1, -0.05) is 26.7 Å². The second-order valence-corrected chi connectivity index (χ2v) is 5.03. The standard InChI is InChI=1S/C16H22N2O/c1-3-5-14(6-4-2)18-16(19)13-7-8-15-12(11-13)9-10-17-15/h7-11,14,17H,3-6H2,1-2H3,(H,18,19). The van der Waals surface area contributed by atoms with Crippen LogP contribution in [-0.4, -0.2) is 16.9 Å². The molecule has 0 atom stereocenters. The Morgan fingerprint density at radius 1 is 1.21 bits per heavy atom. The van der Waals surface area contributed by atoms with Crippen LogP contribution < -0.4 is 5.32 Å². The molecule has 0 unspecified atom stereocenters. The van der Waals surface area contributed by atoms with E-state index in [2.05, 4.69) is 24.1 Å². The minimum absolute atomic E-state index is 0.0370. The number of aromatic amines is 1. The van der Waals surface area contributed by atoms with Crippen molar-refractivity contribution in [1.29, 1.82) is 0 Å². The van der Waals surface area contributed by atoms with Gasteiger partial charge in [-0.25, -0.2) is 0 Å². The molecule has 2 N–H and O–H groups in total. The molecular weight excluding hydrogens is 236 g/mol. The number of amides is 1. The van der Waals surface area contributed by atoms with Crippen molar-refractivity contribution in [3.63, 3.8) is 0 Å². The summed E-state index contributed by atoms with van der Waals surface area (Å²) in [5, 5.41) is 4.22. The van der Waals surface area contributed by atoms with Crippen molar-refractivity contribution in [2.45, 2.75) is 45.6 Å². The number of hydrogen-bond acceptors (Lipinski definition) is 1. The van der Waals surface area contributed by atoms with E-state index in [0.717, 1.165) is 42.1 Å². The van der Waals surface area contributed by atoms with Gasteiger partial charge in [0, 0.05) is 28.7 Å². The Kier molecular flexibility index (Phi) is 4.61. The average Bonchev–Trinajstić information content (AvgIpc) is 2.86. The monoisotopic (exact) mass is 258 g/mol. The van der Waals surface area contributed by atoms with E-state index in [-0.39, 0.29) is 5.91 Å². The summed E-state index contributed by atoms with van der Waals surface area (Å²) in [5.74, 6) is 0.0370. The van der Waals surface area contributed by atoms with Gasteiger partial charge >= 0.3 is 0 Å². The molecule has 0 aliphatic rings. The van der Waals surface area contributed by atoms with Crippen molar-refractivity contribution < 1.29 is 4.79 Å². The molecule has 0 saturated carbocycles. The van der Waals surface area contributed by atoms with E-state index >= 15 is 0 Å². The van der Waals surface area contributed by atoms with Gasteiger partial charge in [-0.3, -0.25) is 4.79 Å². The Hall–Kier alpha value is -1.77. The molecule has 0 fully saturated rings. The number of benzene rings is 1. The second-order valence-electron chi connectivity index (χ2n) is 5.03. The van der Waals surface area contributed by atoms with E-state index in [4.69, 9.17) is 0 Å². The lowest BCUT2D eigenvalue weighted by Crippen LogP contribution is -2.34. The van der Waals surface area contributed by atoms with Crippen molar-refractivity contribution >= 4 is 16.8 Å². The highest BCUT2D eigenvalue weighted by molar-refractivity contribution is 5.98. The zero-order valence-electron chi connectivity index (χ0n) is 11.7. The molecule has 1 aromatic carbocycles. The summed E-state index contributed by atoms with van der Waals surface area (Å²) in [4.78, 5) is 15.4. The van der Waals surface area contributed by atoms with Crippen LogP contribution in [-0.2, 0) is 0 Å². The number of carbonyl (C=O) groups is 1. The Morgan fingerprint density at radius 3 is 2.63 bits per heavy atom. The number of hydrogen-bond donors (Lipinski definition) is 2. The number of aromatic nitrogens is 1. The van der Waals surface area contributed by atoms with Crippen molar-refractivity contribution in [1.82, 2.24) is 10.3 Å². The van der Waals surface area contributed by atoms with Gasteiger partial charge in [0.15, 0.2) is 0 Å². The topological polar surface area (TPSA) is 44.9 Å². The maximum absolute atomic E-state index is 12.2. The Balaban J connectivity index is 2.09. The third-order valence-corrected chi connectivity index (χ3v) is 3.42. The Bertz CT molecular complexity index is 538. The SMILES string of the molecule is CCCC(CCC)NC(=O)c1ccc2[nH]ccc2c1. The lowest BCUT2D eigenvalue weighted by Gasteiger charge is -2.17. The van der Waals surface area contributed by atoms with Crippen LogP contribution in [0.2, 0.25) is 0 Å². The fourth-order valence-electron chi connectivity index (χ4n) is 2.45. The van der Waals surface area contributed by atoms with E-state index in [1.165, 1.54) is 0 Å². The molecule has 1 aromatic heterocycles. The van der Waals surface area contributed by atoms with Crippen LogP contribution in [0.1, 0.15) is 49.9 Å². The quantitative estimate of drug-likeness (QED) is 0.811. The lowest BCUT2D eigenvalue weighted by molar-refractivity contribution is 0.0932. The molecular formula is C16H22N2O. The fourth-order valence-corrected chi connectivity index (χ4v) is 2.45. The van der Waals surface area contributed by atoms with Crippen LogP contribution in [0.25, 0.3) is 10.9 Å². The Labute approximate surface area is 114 Å². The maximum atomic E-state index is 12.2. The molecule has 2 rings (SSSR count). The van der Waals surface area contributed by atoms with Crippen molar-refractivity contribution in [3.05, 3.63) is 36.0 Å². The zero-order chi connectivity index (χ0) is 13.7. The number of rotatable bonds is 6. The molecule has 19 heavy (non-hydrogen) atoms. The molecule has 0 aliphatic carbocycles. The fraction of sp³-hybridized carbons (Fsp3) is 0.438. The number of fused-ring (bicyclic) bond motifs is 1. The van der Waals surface area contributed by atoms with E-state index in [9.17, 15) is 4.79 Å². The molecule has 3 nitrogen and oxygen atoms in total. The van der Waals surface area contributed by atoms with Crippen LogP contribution in [0.3, 0.4) is 0 Å². The van der Waals surface area contributed by atoms with Gasteiger partial charge < -0.3 is 10.3 Å². The van der Waals surface area contributed by atoms with E-state index in [0.29, 0.717) is 6.04 Å². The second kappa shape index (κ2) is 6.41. The van der Waals surface area contributed by atoms with Crippen molar-refractivity contribution in [3.8, 4) is 0 Å². The van der Waals surface area contributed by atoms with Crippen LogP contribution >= 0.6 is 0 Å². The van der Waals surface area contributed by atoms with Crippen LogP contribution in [0.4, 0.5) is 0 Å². The molecule has 3 heteroatoms. The first kappa shape index (κ1) is 13.7. The smallest absolute Gasteiger partial charge is 0.251 e. The van der Waals surface area contributed by atoms with Gasteiger partial charge in [0.05, 0.1) is 0 Å². The maximum Gasteiger partial charge on any atom is 0.251 e. The normalized spacial score (nSPS) is 11.1. The molecule has 0 spiro atoms. The molecule has 0 radical (unpaired) electrons. The van der Waals surface area contributed by atoms with E-state index in [1.807, 2.05) is 30.5 Å². The molecule has 0 aliphatic heterocycles. The molecule has 1 amide bonds. The summed E-state index contributed by atoms with van der Waals surface area (Å²) in [5.41, 5.74) is 1.81.